The van der Waals surface area contributed by atoms with E-state index >= 15 is 0 Å². The van der Waals surface area contributed by atoms with Crippen LogP contribution >= 0.6 is 11.3 Å². The zero-order valence-corrected chi connectivity index (χ0v) is 11.7. The van der Waals surface area contributed by atoms with Gasteiger partial charge in [-0.25, -0.2) is 0 Å². The van der Waals surface area contributed by atoms with Gasteiger partial charge in [-0.05, 0) is 41.6 Å². The van der Waals surface area contributed by atoms with E-state index in [4.69, 9.17) is 10.00 Å². The lowest BCUT2D eigenvalue weighted by Gasteiger charge is -2.06. The fourth-order valence-corrected chi connectivity index (χ4v) is 2.60. The highest BCUT2D eigenvalue weighted by Gasteiger charge is 1.99. The van der Waals surface area contributed by atoms with Crippen molar-refractivity contribution < 1.29 is 4.74 Å². The van der Waals surface area contributed by atoms with E-state index in [0.29, 0.717) is 0 Å². The van der Waals surface area contributed by atoms with Crippen molar-refractivity contribution in [1.29, 1.82) is 5.26 Å². The summed E-state index contributed by atoms with van der Waals surface area (Å²) in [6, 6.07) is 11.9. The van der Waals surface area contributed by atoms with Crippen molar-refractivity contribution in [2.24, 2.45) is 0 Å². The first-order valence-corrected chi connectivity index (χ1v) is 7.00. The molecule has 3 nitrogen and oxygen atoms in total. The third-order valence-corrected chi connectivity index (χ3v) is 3.83. The Hall–Kier alpha value is -1.83. The normalized spacial score (nSPS) is 10.1. The first-order valence-electron chi connectivity index (χ1n) is 6.12. The van der Waals surface area contributed by atoms with Crippen LogP contribution in [0.5, 0.6) is 5.75 Å². The Morgan fingerprint density at radius 1 is 1.21 bits per heavy atom. The maximum Gasteiger partial charge on any atom is 0.174 e. The van der Waals surface area contributed by atoms with Crippen LogP contribution < -0.4 is 10.1 Å². The highest BCUT2D eigenvalue weighted by atomic mass is 32.1. The molecular formula is C15H16N2OS. The van der Waals surface area contributed by atoms with Gasteiger partial charge in [0.2, 0.25) is 0 Å². The van der Waals surface area contributed by atoms with E-state index in [1.165, 1.54) is 16.0 Å². The van der Waals surface area contributed by atoms with Gasteiger partial charge >= 0.3 is 0 Å². The number of benzene rings is 1. The van der Waals surface area contributed by atoms with Crippen LogP contribution in [-0.2, 0) is 13.1 Å². The topological polar surface area (TPSA) is 45.0 Å². The third-order valence-electron chi connectivity index (χ3n) is 2.81. The molecule has 2 rings (SSSR count). The summed E-state index contributed by atoms with van der Waals surface area (Å²) >= 11 is 1.78. The Kier molecular flexibility index (Phi) is 4.96. The van der Waals surface area contributed by atoms with Crippen molar-refractivity contribution in [3.05, 3.63) is 51.7 Å². The van der Waals surface area contributed by atoms with Gasteiger partial charge in [0, 0.05) is 18.0 Å². The van der Waals surface area contributed by atoms with E-state index in [0.717, 1.165) is 18.8 Å². The molecule has 0 radical (unpaired) electrons. The Bertz CT molecular complexity index is 554. The summed E-state index contributed by atoms with van der Waals surface area (Å²) in [5.74, 6) is 0.736. The number of nitrogens with zero attached hydrogens (tertiary/aromatic N) is 1. The molecular weight excluding hydrogens is 256 g/mol. The molecule has 0 aliphatic carbocycles. The van der Waals surface area contributed by atoms with Crippen molar-refractivity contribution in [3.63, 3.8) is 0 Å². The van der Waals surface area contributed by atoms with Gasteiger partial charge in [-0.15, -0.1) is 11.3 Å². The van der Waals surface area contributed by atoms with E-state index in [-0.39, 0.29) is 6.61 Å². The molecule has 98 valence electrons. The summed E-state index contributed by atoms with van der Waals surface area (Å²) in [7, 11) is 0. The lowest BCUT2D eigenvalue weighted by molar-refractivity contribution is 0.368. The minimum Gasteiger partial charge on any atom is -0.479 e. The first kappa shape index (κ1) is 13.6. The van der Waals surface area contributed by atoms with Gasteiger partial charge in [-0.3, -0.25) is 0 Å². The molecule has 0 bridgehead atoms. The van der Waals surface area contributed by atoms with E-state index in [1.807, 2.05) is 30.3 Å². The van der Waals surface area contributed by atoms with Gasteiger partial charge in [-0.1, -0.05) is 12.1 Å². The van der Waals surface area contributed by atoms with Crippen LogP contribution in [0.15, 0.2) is 35.7 Å². The Morgan fingerprint density at radius 2 is 2.00 bits per heavy atom. The van der Waals surface area contributed by atoms with Crippen LogP contribution in [0.3, 0.4) is 0 Å². The molecule has 0 atom stereocenters. The Morgan fingerprint density at radius 3 is 2.63 bits per heavy atom. The Balaban J connectivity index is 1.80. The quantitative estimate of drug-likeness (QED) is 0.878. The second kappa shape index (κ2) is 6.93. The van der Waals surface area contributed by atoms with Gasteiger partial charge in [0.1, 0.15) is 11.8 Å². The van der Waals surface area contributed by atoms with E-state index < -0.39 is 0 Å². The number of hydrogen-bond donors (Lipinski definition) is 1. The number of ether oxygens (including phenoxy) is 1. The van der Waals surface area contributed by atoms with Crippen LogP contribution in [0.1, 0.15) is 16.0 Å². The molecule has 0 fully saturated rings. The number of nitrogens with one attached hydrogen (secondary N) is 1. The summed E-state index contributed by atoms with van der Waals surface area (Å²) in [5, 5.41) is 14.0. The summed E-state index contributed by atoms with van der Waals surface area (Å²) in [6.07, 6.45) is 0. The molecule has 2 aromatic rings. The molecule has 19 heavy (non-hydrogen) atoms. The van der Waals surface area contributed by atoms with E-state index in [2.05, 4.69) is 23.7 Å². The van der Waals surface area contributed by atoms with Gasteiger partial charge in [0.25, 0.3) is 0 Å². The molecule has 4 heteroatoms. The van der Waals surface area contributed by atoms with Gasteiger partial charge in [0.15, 0.2) is 6.61 Å². The number of rotatable bonds is 6. The second-order valence-corrected chi connectivity index (χ2v) is 5.22. The maximum atomic E-state index is 8.43. The van der Waals surface area contributed by atoms with Gasteiger partial charge in [-0.2, -0.15) is 5.26 Å². The number of nitriles is 1. The molecule has 0 saturated carbocycles. The smallest absolute Gasteiger partial charge is 0.174 e. The van der Waals surface area contributed by atoms with Crippen LogP contribution in [0.4, 0.5) is 0 Å². The summed E-state index contributed by atoms with van der Waals surface area (Å²) in [4.78, 5) is 1.38. The lowest BCUT2D eigenvalue weighted by atomic mass is 10.2. The molecule has 1 aromatic heterocycles. The maximum absolute atomic E-state index is 8.43. The average molecular weight is 272 g/mol. The van der Waals surface area contributed by atoms with Gasteiger partial charge < -0.3 is 10.1 Å². The average Bonchev–Trinajstić information content (AvgIpc) is 2.84. The molecule has 0 spiro atoms. The van der Waals surface area contributed by atoms with Gasteiger partial charge in [0.05, 0.1) is 0 Å². The minimum absolute atomic E-state index is 0.0925. The van der Waals surface area contributed by atoms with Crippen LogP contribution in [0, 0.1) is 18.3 Å². The molecule has 1 N–H and O–H groups in total. The van der Waals surface area contributed by atoms with Crippen molar-refractivity contribution in [3.8, 4) is 11.8 Å². The van der Waals surface area contributed by atoms with Crippen molar-refractivity contribution >= 4 is 11.3 Å². The lowest BCUT2D eigenvalue weighted by Crippen LogP contribution is -2.12. The number of thiophene rings is 1. The largest absolute Gasteiger partial charge is 0.479 e. The predicted octanol–water partition coefficient (Wildman–Crippen LogP) is 3.25. The number of hydrogen-bond acceptors (Lipinski definition) is 4. The zero-order chi connectivity index (χ0) is 13.5. The second-order valence-electron chi connectivity index (χ2n) is 4.22. The first-order chi connectivity index (χ1) is 9.29. The van der Waals surface area contributed by atoms with E-state index in [9.17, 15) is 0 Å². The van der Waals surface area contributed by atoms with Crippen LogP contribution in [-0.4, -0.2) is 6.61 Å². The molecule has 0 aliphatic heterocycles. The highest BCUT2D eigenvalue weighted by molar-refractivity contribution is 7.10. The standard InChI is InChI=1S/C15H16N2OS/c1-12-6-9-19-15(12)11-17-10-13-2-4-14(5-3-13)18-8-7-16/h2-6,9,17H,8,10-11H2,1H3. The summed E-state index contributed by atoms with van der Waals surface area (Å²) in [5.41, 5.74) is 2.55. The molecule has 1 aromatic carbocycles. The highest BCUT2D eigenvalue weighted by Crippen LogP contribution is 2.15. The zero-order valence-electron chi connectivity index (χ0n) is 10.8. The summed E-state index contributed by atoms with van der Waals surface area (Å²) < 4.78 is 5.21. The minimum atomic E-state index is 0.0925. The fraction of sp³-hybridized carbons (Fsp3) is 0.267. The molecule has 0 saturated heterocycles. The van der Waals surface area contributed by atoms with Crippen molar-refractivity contribution in [2.45, 2.75) is 20.0 Å². The predicted molar refractivity (Wildman–Crippen MR) is 77.1 cm³/mol. The van der Waals surface area contributed by atoms with E-state index in [1.54, 1.807) is 11.3 Å². The van der Waals surface area contributed by atoms with Crippen LogP contribution in [0.2, 0.25) is 0 Å². The molecule has 1 heterocycles. The molecule has 0 amide bonds. The van der Waals surface area contributed by atoms with Crippen LogP contribution in [0.25, 0.3) is 0 Å². The fourth-order valence-electron chi connectivity index (χ4n) is 1.72. The Labute approximate surface area is 117 Å². The third kappa shape index (κ3) is 4.09. The van der Waals surface area contributed by atoms with Crippen molar-refractivity contribution in [1.82, 2.24) is 5.32 Å². The summed E-state index contributed by atoms with van der Waals surface area (Å²) in [6.45, 7) is 3.95. The molecule has 0 aliphatic rings. The number of aryl methyl sites for hydroxylation is 1. The SMILES string of the molecule is Cc1ccsc1CNCc1ccc(OCC#N)cc1. The van der Waals surface area contributed by atoms with Crippen molar-refractivity contribution in [2.75, 3.05) is 6.61 Å². The monoisotopic (exact) mass is 272 g/mol. The molecule has 0 unspecified atom stereocenters.